The molecular formula is C31H48O5. The molecule has 0 aromatic heterocycles. The minimum atomic E-state index is -1.20. The van der Waals surface area contributed by atoms with Crippen LogP contribution in [0.25, 0.3) is 0 Å². The van der Waals surface area contributed by atoms with Gasteiger partial charge in [-0.25, -0.2) is 4.79 Å². The predicted molar refractivity (Wildman–Crippen MR) is 139 cm³/mol. The van der Waals surface area contributed by atoms with Crippen molar-refractivity contribution in [3.05, 3.63) is 11.6 Å². The molecule has 5 aliphatic carbocycles. The molecule has 0 amide bonds. The van der Waals surface area contributed by atoms with Gasteiger partial charge in [0.25, 0.3) is 0 Å². The largest absolute Gasteiger partial charge is 0.505 e. The van der Waals surface area contributed by atoms with Gasteiger partial charge in [-0.1, -0.05) is 54.0 Å². The van der Waals surface area contributed by atoms with E-state index < -0.39 is 6.16 Å². The number of carbonyl (C=O) groups is 2. The zero-order valence-electron chi connectivity index (χ0n) is 23.6. The average Bonchev–Trinajstić information content (AvgIpc) is 2.77. The lowest BCUT2D eigenvalue weighted by Gasteiger charge is -2.70. The molecule has 2 N–H and O–H groups in total. The Morgan fingerprint density at radius 3 is 2.31 bits per heavy atom. The second-order valence-corrected chi connectivity index (χ2v) is 15.5. The van der Waals surface area contributed by atoms with Crippen molar-refractivity contribution in [2.24, 2.45) is 50.2 Å². The summed E-state index contributed by atoms with van der Waals surface area (Å²) >= 11 is 0. The molecule has 0 radical (unpaired) electrons. The Bertz CT molecular complexity index is 995. The summed E-state index contributed by atoms with van der Waals surface area (Å²) in [6.45, 7) is 16.5. The highest BCUT2D eigenvalue weighted by Crippen LogP contribution is 2.75. The van der Waals surface area contributed by atoms with E-state index in [2.05, 4.69) is 48.5 Å². The highest BCUT2D eigenvalue weighted by Gasteiger charge is 2.70. The zero-order chi connectivity index (χ0) is 26.5. The number of rotatable bonds is 2. The first-order chi connectivity index (χ1) is 16.5. The van der Waals surface area contributed by atoms with Crippen LogP contribution < -0.4 is 0 Å². The number of allylic oxidation sites excluding steroid dienone is 2. The van der Waals surface area contributed by atoms with E-state index >= 15 is 0 Å². The van der Waals surface area contributed by atoms with Gasteiger partial charge in [0.15, 0.2) is 5.78 Å². The summed E-state index contributed by atoms with van der Waals surface area (Å²) in [6.07, 6.45) is 9.16. The molecule has 36 heavy (non-hydrogen) atoms. The fourth-order valence-corrected chi connectivity index (χ4v) is 10.6. The molecule has 0 aromatic carbocycles. The van der Waals surface area contributed by atoms with Crippen molar-refractivity contribution in [3.8, 4) is 0 Å². The Hall–Kier alpha value is -1.36. The minimum absolute atomic E-state index is 0.0383. The molecule has 8 atom stereocenters. The van der Waals surface area contributed by atoms with Crippen LogP contribution in [0.3, 0.4) is 0 Å². The van der Waals surface area contributed by atoms with Crippen molar-refractivity contribution >= 4 is 11.9 Å². The van der Waals surface area contributed by atoms with Gasteiger partial charge in [0, 0.05) is 11.3 Å². The smallest absolute Gasteiger partial charge is 0.450 e. The number of aliphatic hydroxyl groups excluding tert-OH is 1. The maximum Gasteiger partial charge on any atom is 0.505 e. The first-order valence-corrected chi connectivity index (χ1v) is 14.3. The summed E-state index contributed by atoms with van der Waals surface area (Å²) in [4.78, 5) is 25.7. The first-order valence-electron chi connectivity index (χ1n) is 14.3. The molecule has 202 valence electrons. The van der Waals surface area contributed by atoms with Crippen LogP contribution in [-0.4, -0.2) is 34.9 Å². The third kappa shape index (κ3) is 3.36. The van der Waals surface area contributed by atoms with Gasteiger partial charge in [0.2, 0.25) is 0 Å². The Morgan fingerprint density at radius 1 is 0.972 bits per heavy atom. The van der Waals surface area contributed by atoms with E-state index in [1.54, 1.807) is 0 Å². The number of carbonyl (C=O) groups excluding carboxylic acids is 1. The summed E-state index contributed by atoms with van der Waals surface area (Å²) < 4.78 is 5.28. The maximum atomic E-state index is 14.3. The molecule has 5 rings (SSSR count). The molecule has 4 saturated carbocycles. The molecule has 5 nitrogen and oxygen atoms in total. The Morgan fingerprint density at radius 2 is 1.64 bits per heavy atom. The third-order valence-corrected chi connectivity index (χ3v) is 13.0. The van der Waals surface area contributed by atoms with Crippen LogP contribution >= 0.6 is 0 Å². The number of fused-ring (bicyclic) bond motifs is 7. The fraction of sp³-hybridized carbons (Fsp3) is 0.871. The van der Waals surface area contributed by atoms with E-state index in [1.165, 1.54) is 5.57 Å². The first kappa shape index (κ1) is 26.3. The maximum absolute atomic E-state index is 14.3. The fourth-order valence-electron chi connectivity index (χ4n) is 10.6. The molecule has 5 heteroatoms. The van der Waals surface area contributed by atoms with E-state index in [0.29, 0.717) is 5.92 Å². The number of aliphatic hydroxyl groups is 1. The molecule has 0 bridgehead atoms. The van der Waals surface area contributed by atoms with Crippen LogP contribution in [-0.2, 0) is 9.53 Å². The van der Waals surface area contributed by atoms with Crippen molar-refractivity contribution in [3.63, 3.8) is 0 Å². The Balaban J connectivity index is 1.61. The van der Waals surface area contributed by atoms with Crippen molar-refractivity contribution in [2.45, 2.75) is 112 Å². The van der Waals surface area contributed by atoms with E-state index in [0.717, 1.165) is 57.8 Å². The molecule has 0 saturated heterocycles. The molecule has 5 aliphatic rings. The van der Waals surface area contributed by atoms with Crippen molar-refractivity contribution < 1.29 is 24.5 Å². The van der Waals surface area contributed by atoms with Crippen LogP contribution in [0.5, 0.6) is 0 Å². The van der Waals surface area contributed by atoms with Gasteiger partial charge in [0.1, 0.15) is 6.61 Å². The van der Waals surface area contributed by atoms with Crippen molar-refractivity contribution in [1.82, 2.24) is 0 Å². The number of ketones is 1. The lowest BCUT2D eigenvalue weighted by atomic mass is 9.33. The summed E-state index contributed by atoms with van der Waals surface area (Å²) in [5.41, 5.74) is 0.694. The summed E-state index contributed by atoms with van der Waals surface area (Å²) in [5, 5.41) is 20.2. The molecule has 0 spiro atoms. The zero-order valence-corrected chi connectivity index (χ0v) is 23.6. The van der Waals surface area contributed by atoms with Gasteiger partial charge < -0.3 is 14.9 Å². The number of ether oxygens (including phenoxy) is 1. The van der Waals surface area contributed by atoms with Crippen molar-refractivity contribution in [1.29, 1.82) is 0 Å². The van der Waals surface area contributed by atoms with Crippen LogP contribution in [0.15, 0.2) is 11.6 Å². The SMILES string of the molecule is CC1(C)CC[C@]2(COC(=O)O)CC[C@]3(C)C(=CC(=O)[C@@H]4[C@@]5(C)CC[C@H](O)C(C)(C)C5CC[C@]43C)[C@@H]2C1. The van der Waals surface area contributed by atoms with Gasteiger partial charge in [0.05, 0.1) is 6.10 Å². The van der Waals surface area contributed by atoms with Crippen LogP contribution in [0, 0.1) is 50.2 Å². The third-order valence-electron chi connectivity index (χ3n) is 13.0. The van der Waals surface area contributed by atoms with Gasteiger partial charge in [-0.05, 0) is 103 Å². The standard InChI is InChI=1S/C31H48O5/c1-26(2)12-14-31(18-36-25(34)35)15-13-29(6)19(20(31)17-26)16-21(32)24-28(5)10-9-23(33)27(3,4)22(28)8-11-30(24,29)7/h16,20,22-24,33H,8-15,17-18H2,1-7H3,(H,34,35)/t20-,22?,23-,24+,28-,29+,30+,31+/m0/s1. The minimum Gasteiger partial charge on any atom is -0.450 e. The molecule has 0 aromatic rings. The van der Waals surface area contributed by atoms with Gasteiger partial charge >= 0.3 is 6.16 Å². The highest BCUT2D eigenvalue weighted by atomic mass is 16.7. The van der Waals surface area contributed by atoms with E-state index in [-0.39, 0.29) is 62.8 Å². The summed E-state index contributed by atoms with van der Waals surface area (Å²) in [7, 11) is 0. The van der Waals surface area contributed by atoms with Crippen LogP contribution in [0.1, 0.15) is 106 Å². The van der Waals surface area contributed by atoms with E-state index in [1.807, 2.05) is 6.08 Å². The monoisotopic (exact) mass is 500 g/mol. The molecule has 0 aliphatic heterocycles. The van der Waals surface area contributed by atoms with Gasteiger partial charge in [-0.15, -0.1) is 0 Å². The highest BCUT2D eigenvalue weighted by molar-refractivity contribution is 5.95. The second-order valence-electron chi connectivity index (χ2n) is 15.5. The molecule has 4 fully saturated rings. The van der Waals surface area contributed by atoms with Gasteiger partial charge in [-0.3, -0.25) is 4.79 Å². The summed E-state index contributed by atoms with van der Waals surface area (Å²) in [5.74, 6) is 0.747. The van der Waals surface area contributed by atoms with Crippen LogP contribution in [0.4, 0.5) is 4.79 Å². The molecule has 1 unspecified atom stereocenters. The molecule has 0 heterocycles. The topological polar surface area (TPSA) is 83.8 Å². The van der Waals surface area contributed by atoms with E-state index in [4.69, 9.17) is 4.74 Å². The second kappa shape index (κ2) is 7.83. The lowest BCUT2D eigenvalue weighted by Crippen LogP contribution is -2.66. The number of carboxylic acid groups (broad SMARTS) is 1. The van der Waals surface area contributed by atoms with Crippen molar-refractivity contribution in [2.75, 3.05) is 6.61 Å². The number of hydrogen-bond donors (Lipinski definition) is 2. The Labute approximate surface area is 217 Å². The molecular weight excluding hydrogens is 452 g/mol. The normalized spacial score (nSPS) is 49.0. The quantitative estimate of drug-likeness (QED) is 0.398. The number of hydrogen-bond acceptors (Lipinski definition) is 4. The lowest BCUT2D eigenvalue weighted by molar-refractivity contribution is -0.203. The Kier molecular flexibility index (Phi) is 5.71. The average molecular weight is 501 g/mol. The van der Waals surface area contributed by atoms with E-state index in [9.17, 15) is 19.8 Å². The summed E-state index contributed by atoms with van der Waals surface area (Å²) in [6, 6.07) is 0. The van der Waals surface area contributed by atoms with Crippen LogP contribution in [0.2, 0.25) is 0 Å². The van der Waals surface area contributed by atoms with Gasteiger partial charge in [-0.2, -0.15) is 0 Å². The predicted octanol–water partition coefficient (Wildman–Crippen LogP) is 7.02.